The zero-order valence-corrected chi connectivity index (χ0v) is 33.1. The maximum Gasteiger partial charge on any atom is 0.407 e. The van der Waals surface area contributed by atoms with Crippen LogP contribution in [0.15, 0.2) is 65.3 Å². The van der Waals surface area contributed by atoms with Gasteiger partial charge in [0.25, 0.3) is 0 Å². The maximum absolute atomic E-state index is 13.6. The Labute approximate surface area is 330 Å². The summed E-state index contributed by atoms with van der Waals surface area (Å²) < 4.78 is 15.8. The van der Waals surface area contributed by atoms with Crippen LogP contribution in [0.25, 0.3) is 44.8 Å². The van der Waals surface area contributed by atoms with Gasteiger partial charge in [-0.25, -0.2) is 19.6 Å². The molecule has 0 saturated carbocycles. The van der Waals surface area contributed by atoms with Crippen molar-refractivity contribution >= 4 is 35.0 Å². The maximum atomic E-state index is 13.6. The Bertz CT molecular complexity index is 2240. The molecule has 0 bridgehead atoms. The third-order valence-electron chi connectivity index (χ3n) is 11.0. The van der Waals surface area contributed by atoms with Crippen LogP contribution >= 0.6 is 0 Å². The van der Waals surface area contributed by atoms with E-state index < -0.39 is 24.3 Å². The summed E-state index contributed by atoms with van der Waals surface area (Å²) in [7, 11) is 2.57. The number of hydrogen-bond donors (Lipinski definition) is 4. The first-order valence-corrected chi connectivity index (χ1v) is 19.5. The van der Waals surface area contributed by atoms with E-state index in [4.69, 9.17) is 13.9 Å². The number of imidazole rings is 2. The molecule has 2 saturated heterocycles. The molecule has 4 amide bonds. The van der Waals surface area contributed by atoms with E-state index in [9.17, 15) is 19.2 Å². The highest BCUT2D eigenvalue weighted by Crippen LogP contribution is 2.36. The quantitative estimate of drug-likeness (QED) is 0.110. The summed E-state index contributed by atoms with van der Waals surface area (Å²) in [5, 5.41) is 6.32. The number of H-pyrrole nitrogens is 2. The van der Waals surface area contributed by atoms with Gasteiger partial charge in [-0.05, 0) is 67.3 Å². The minimum absolute atomic E-state index is 0.113. The number of nitrogens with zero attached hydrogens (tertiary/aromatic N) is 4. The van der Waals surface area contributed by atoms with Gasteiger partial charge >= 0.3 is 12.2 Å². The van der Waals surface area contributed by atoms with Crippen LogP contribution in [0.4, 0.5) is 9.59 Å². The molecule has 5 aromatic rings. The second-order valence-electron chi connectivity index (χ2n) is 15.4. The summed E-state index contributed by atoms with van der Waals surface area (Å²) >= 11 is 0. The van der Waals surface area contributed by atoms with Gasteiger partial charge in [0.15, 0.2) is 0 Å². The zero-order chi connectivity index (χ0) is 40.4. The number of nitrogens with one attached hydrogen (secondary N) is 4. The molecule has 5 heterocycles. The van der Waals surface area contributed by atoms with Crippen molar-refractivity contribution in [1.82, 2.24) is 40.4 Å². The molecule has 0 aliphatic carbocycles. The smallest absolute Gasteiger partial charge is 0.407 e. The number of furan rings is 1. The molecule has 2 aromatic carbocycles. The van der Waals surface area contributed by atoms with Gasteiger partial charge in [-0.2, -0.15) is 0 Å². The molecule has 3 aromatic heterocycles. The van der Waals surface area contributed by atoms with Crippen LogP contribution in [0.5, 0.6) is 0 Å². The molecule has 0 radical (unpaired) electrons. The monoisotopic (exact) mass is 778 g/mol. The number of rotatable bonds is 11. The van der Waals surface area contributed by atoms with Crippen LogP contribution in [0.1, 0.15) is 77.1 Å². The lowest BCUT2D eigenvalue weighted by Crippen LogP contribution is -2.51. The summed E-state index contributed by atoms with van der Waals surface area (Å²) in [6.45, 7) is 8.75. The average molecular weight is 779 g/mol. The number of aromatic amines is 2. The van der Waals surface area contributed by atoms with Crippen LogP contribution in [0.3, 0.4) is 0 Å². The molecular formula is C42H50N8O7. The van der Waals surface area contributed by atoms with Gasteiger partial charge < -0.3 is 44.3 Å². The molecule has 4 atom stereocenters. The van der Waals surface area contributed by atoms with E-state index in [0.29, 0.717) is 24.7 Å². The number of amides is 4. The van der Waals surface area contributed by atoms with E-state index in [-0.39, 0.29) is 35.7 Å². The fourth-order valence-electron chi connectivity index (χ4n) is 7.86. The molecular weight excluding hydrogens is 729 g/mol. The molecule has 2 aliphatic heterocycles. The van der Waals surface area contributed by atoms with Crippen LogP contribution in [0.2, 0.25) is 0 Å². The first-order chi connectivity index (χ1) is 27.4. The molecule has 300 valence electrons. The summed E-state index contributed by atoms with van der Waals surface area (Å²) in [5.74, 6) is 1.61. The molecule has 15 nitrogen and oxygen atoms in total. The highest BCUT2D eigenvalue weighted by atomic mass is 16.5. The van der Waals surface area contributed by atoms with Gasteiger partial charge in [0.2, 0.25) is 11.8 Å². The van der Waals surface area contributed by atoms with Crippen molar-refractivity contribution in [2.45, 2.75) is 77.5 Å². The summed E-state index contributed by atoms with van der Waals surface area (Å²) in [6, 6.07) is 14.2. The number of methoxy groups -OCH3 is 2. The van der Waals surface area contributed by atoms with Gasteiger partial charge in [0, 0.05) is 29.6 Å². The fraction of sp³-hybridized carbons (Fsp3) is 0.429. The lowest BCUT2D eigenvalue weighted by atomic mass is 10.0. The standard InChI is InChI=1S/C42H50N8O7/c1-23(2)35(47-41(53)55-5)39(51)49-17-7-9-31(49)37-43-21-29(45-37)25-11-13-26(14-12-25)34-20-28-19-27(15-16-33(28)57-34)30-22-44-38(46-30)32-10-8-18-50(32)40(52)36(24(3)4)48-42(54)56-6/h11-16,19-24,31-32,35-36H,7-10,17-18H2,1-6H3,(H,43,45)(H,44,46)(H,47,53)(H,48,54)/t31-,32-,35-,36-/m0/s1. The van der Waals surface area contributed by atoms with Crippen molar-refractivity contribution < 1.29 is 33.1 Å². The van der Waals surface area contributed by atoms with Gasteiger partial charge in [-0.15, -0.1) is 0 Å². The molecule has 0 unspecified atom stereocenters. The number of likely N-dealkylation sites (tertiary alicyclic amines) is 2. The Balaban J connectivity index is 1.03. The Hall–Kier alpha value is -6.12. The predicted octanol–water partition coefficient (Wildman–Crippen LogP) is 6.97. The molecule has 2 aliphatic rings. The molecule has 15 heteroatoms. The van der Waals surface area contributed by atoms with Gasteiger partial charge in [0.1, 0.15) is 35.1 Å². The minimum Gasteiger partial charge on any atom is -0.456 e. The van der Waals surface area contributed by atoms with Crippen molar-refractivity contribution in [2.24, 2.45) is 11.8 Å². The van der Waals surface area contributed by atoms with Crippen LogP contribution in [-0.2, 0) is 19.1 Å². The van der Waals surface area contributed by atoms with E-state index in [2.05, 4.69) is 36.6 Å². The number of carbonyl (C=O) groups is 4. The lowest BCUT2D eigenvalue weighted by Gasteiger charge is -2.30. The van der Waals surface area contributed by atoms with Crippen molar-refractivity contribution in [3.8, 4) is 33.8 Å². The number of carbonyl (C=O) groups excluding carboxylic acids is 4. The SMILES string of the molecule is COC(=O)N[C@H](C(=O)N1CCC[C@H]1c1ncc(-c2ccc(-c3cc4cc(-c5cnc([C@@H]6CCCN6C(=O)[C@@H](NC(=O)OC)C(C)C)[nH]5)ccc4o3)cc2)[nH]1)C(C)C. The van der Waals surface area contributed by atoms with Crippen molar-refractivity contribution in [2.75, 3.05) is 27.3 Å². The number of hydrogen-bond acceptors (Lipinski definition) is 9. The third-order valence-corrected chi connectivity index (χ3v) is 11.0. The normalized spacial score (nSPS) is 18.0. The number of fused-ring (bicyclic) bond motifs is 1. The Kier molecular flexibility index (Phi) is 11.4. The highest BCUT2D eigenvalue weighted by Gasteiger charge is 2.39. The second-order valence-corrected chi connectivity index (χ2v) is 15.4. The van der Waals surface area contributed by atoms with E-state index in [1.807, 2.05) is 70.2 Å². The van der Waals surface area contributed by atoms with Gasteiger partial charge in [0.05, 0.1) is 50.1 Å². The van der Waals surface area contributed by atoms with Crippen LogP contribution in [-0.4, -0.2) is 93.1 Å². The van der Waals surface area contributed by atoms with Crippen LogP contribution in [0, 0.1) is 11.8 Å². The Morgan fingerprint density at radius 3 is 1.67 bits per heavy atom. The molecule has 4 N–H and O–H groups in total. The number of ether oxygens (including phenoxy) is 2. The number of alkyl carbamates (subject to hydrolysis) is 2. The van der Waals surface area contributed by atoms with Crippen molar-refractivity contribution in [3.63, 3.8) is 0 Å². The topological polar surface area (TPSA) is 188 Å². The Morgan fingerprint density at radius 1 is 0.702 bits per heavy atom. The molecule has 7 rings (SSSR count). The fourth-order valence-corrected chi connectivity index (χ4v) is 7.86. The average Bonchev–Trinajstić information content (AvgIpc) is 4.06. The zero-order valence-electron chi connectivity index (χ0n) is 33.1. The van der Waals surface area contributed by atoms with Crippen LogP contribution < -0.4 is 10.6 Å². The van der Waals surface area contributed by atoms with Gasteiger partial charge in [-0.1, -0.05) is 52.0 Å². The third kappa shape index (κ3) is 8.09. The largest absolute Gasteiger partial charge is 0.456 e. The number of benzene rings is 2. The summed E-state index contributed by atoms with van der Waals surface area (Å²) in [5.41, 5.74) is 5.20. The van der Waals surface area contributed by atoms with E-state index >= 15 is 0 Å². The van der Waals surface area contributed by atoms with E-state index in [1.54, 1.807) is 22.2 Å². The molecule has 57 heavy (non-hydrogen) atoms. The first-order valence-electron chi connectivity index (χ1n) is 19.5. The summed E-state index contributed by atoms with van der Waals surface area (Å²) in [6.07, 6.45) is 5.53. The Morgan fingerprint density at radius 2 is 1.18 bits per heavy atom. The number of aromatic nitrogens is 4. The van der Waals surface area contributed by atoms with Crippen molar-refractivity contribution in [3.05, 3.63) is 72.6 Å². The van der Waals surface area contributed by atoms with E-state index in [0.717, 1.165) is 70.5 Å². The minimum atomic E-state index is -0.700. The molecule has 0 spiro atoms. The van der Waals surface area contributed by atoms with Crippen molar-refractivity contribution in [1.29, 1.82) is 0 Å². The first kappa shape index (κ1) is 39.1. The predicted molar refractivity (Wildman–Crippen MR) is 213 cm³/mol. The lowest BCUT2D eigenvalue weighted by molar-refractivity contribution is -0.136. The van der Waals surface area contributed by atoms with E-state index in [1.165, 1.54) is 14.2 Å². The summed E-state index contributed by atoms with van der Waals surface area (Å²) in [4.78, 5) is 70.9. The second kappa shape index (κ2) is 16.5. The van der Waals surface area contributed by atoms with Gasteiger partial charge in [-0.3, -0.25) is 9.59 Å². The highest BCUT2D eigenvalue weighted by molar-refractivity contribution is 5.88. The molecule has 2 fully saturated rings.